The van der Waals surface area contributed by atoms with Gasteiger partial charge in [0.15, 0.2) is 56.6 Å². The van der Waals surface area contributed by atoms with Crippen molar-refractivity contribution in [3.05, 3.63) is 12.2 Å². The highest BCUT2D eigenvalue weighted by Gasteiger charge is 2.63. The van der Waals surface area contributed by atoms with E-state index in [0.29, 0.717) is 12.8 Å². The quantitative estimate of drug-likeness (QED) is 0.0199. The van der Waals surface area contributed by atoms with Crippen LogP contribution in [0.15, 0.2) is 12.2 Å². The third kappa shape index (κ3) is 34.7. The van der Waals surface area contributed by atoms with Gasteiger partial charge in [-0.15, -0.1) is 0 Å². The Kier molecular flexibility index (Phi) is 54.3. The van der Waals surface area contributed by atoms with Crippen LogP contribution in [0, 0.1) is 0 Å². The molecule has 0 aliphatic carbocycles. The number of ether oxygens (including phenoxy) is 18. The predicted octanol–water partition coefficient (Wildman–Crippen LogP) is -6.75. The highest BCUT2D eigenvalue weighted by Crippen LogP contribution is 2.43. The topological polar surface area (TPSA) is 768 Å². The van der Waals surface area contributed by atoms with Crippen LogP contribution < -0.4 is 21.3 Å². The predicted molar refractivity (Wildman–Crippen MR) is 500 cm³/mol. The van der Waals surface area contributed by atoms with E-state index >= 15 is 0 Å². The number of carbonyl (C=O) groups is 4. The molecular weight excluding hydrogens is 1950 g/mol. The van der Waals surface area contributed by atoms with Gasteiger partial charge in [0.25, 0.3) is 0 Å². The standard InChI is InChI=1S/C96H170N4O46/c1-8-10-12-14-16-18-20-22-23-25-27-29-31-33-35-37-60(112)100-51(52(111)36-34-32-30-28-26-24-21-19-17-15-13-11-9-2)45-129-91-78(127)75(124)81(59(44-107)138-91)139-94-79(128)83(68(117)55(40-103)134-94)142-89-62(98-49(6)109)72(121)80(58(43-106)137-89)140-95-86(145-92-76(125)73(122)64(113)46(3)130-92)85(70(119)56(41-104)135-95)144-90-63(99-50(7)110)82(67(116)54(39-102)133-90)141-96-87(146-93-77(126)74(123)65(114)47(4)131-93)84(69(118)57(42-105)136-96)143-88-61(97-48(5)108)71(120)66(115)53(38-101)132-88/h34,36,46-47,51-59,61-96,101-107,111,113-128H,8-33,35,37-45H2,1-7H3,(H,97,108)(H,98,109)(H,99,110)(H,100,112)/b36-34+/t46?,47?,51-,52+,53?,54?,55?,56?,57?,58?,59?,61?,62?,63?,64+,65+,66-,67-,68-,69-,70-,71+,72+,73?,74?,75+,76-,77-,78?,79?,80+,81+,82+,83-,84-,85-,86?,87?,88+,89-,90+,91+,92+,93+,94-,95-,96-/m0/s1. The number of allylic oxidation sites excluding steroid dienone is 1. The fraction of sp³-hybridized carbons (Fsp3) is 0.938. The summed E-state index contributed by atoms with van der Waals surface area (Å²) in [4.78, 5) is 53.6. The molecule has 18 unspecified atom stereocenters. The molecule has 0 aromatic carbocycles. The van der Waals surface area contributed by atoms with Crippen LogP contribution in [0.1, 0.15) is 228 Å². The van der Waals surface area contributed by atoms with Gasteiger partial charge in [-0.25, -0.2) is 0 Å². The summed E-state index contributed by atoms with van der Waals surface area (Å²) >= 11 is 0. The second-order valence-electron chi connectivity index (χ2n) is 39.8. The summed E-state index contributed by atoms with van der Waals surface area (Å²) in [6, 6.07) is -7.06. The van der Waals surface area contributed by atoms with Crippen molar-refractivity contribution in [2.45, 2.75) is 517 Å². The van der Waals surface area contributed by atoms with Gasteiger partial charge in [-0.1, -0.05) is 180 Å². The Morgan fingerprint density at radius 2 is 0.582 bits per heavy atom. The molecule has 50 heteroatoms. The molecule has 9 saturated heterocycles. The lowest BCUT2D eigenvalue weighted by atomic mass is 9.93. The molecule has 0 spiro atoms. The van der Waals surface area contributed by atoms with Crippen molar-refractivity contribution in [2.24, 2.45) is 0 Å². The molecule has 50 nitrogen and oxygen atoms in total. The number of nitrogens with one attached hydrogen (secondary N) is 4. The van der Waals surface area contributed by atoms with Crippen molar-refractivity contribution < 1.29 is 227 Å². The van der Waals surface area contributed by atoms with Crippen LogP contribution in [0.2, 0.25) is 0 Å². The van der Waals surface area contributed by atoms with Crippen LogP contribution >= 0.6 is 0 Å². The molecule has 0 saturated carbocycles. The van der Waals surface area contributed by atoms with Crippen molar-refractivity contribution in [1.82, 2.24) is 21.3 Å². The Labute approximate surface area is 850 Å². The van der Waals surface area contributed by atoms with Gasteiger partial charge in [-0.3, -0.25) is 19.2 Å². The van der Waals surface area contributed by atoms with Crippen molar-refractivity contribution in [3.8, 4) is 0 Å². The summed E-state index contributed by atoms with van der Waals surface area (Å²) in [6.45, 7) is 1.24. The lowest BCUT2D eigenvalue weighted by Gasteiger charge is -2.52. The first-order valence-corrected chi connectivity index (χ1v) is 52.2. The average molecular weight is 2120 g/mol. The van der Waals surface area contributed by atoms with E-state index < -0.39 is 359 Å². The fourth-order valence-electron chi connectivity index (χ4n) is 19.8. The fourth-order valence-corrected chi connectivity index (χ4v) is 19.8. The van der Waals surface area contributed by atoms with Crippen LogP contribution in [-0.2, 0) is 104 Å². The number of unbranched alkanes of at least 4 members (excludes halogenated alkanes) is 25. The first kappa shape index (κ1) is 125. The van der Waals surface area contributed by atoms with E-state index in [0.717, 1.165) is 78.6 Å². The van der Waals surface area contributed by atoms with Crippen LogP contribution in [-0.4, -0.2) is 487 Å². The molecule has 4 amide bonds. The SMILES string of the molecule is CCCCCCCCCCCCC/C=C/[C@@H](O)[C@H](CO[C@@H]1OC(CO)[C@@H](O[C@@H]2OC(CO)[C@H](O)[C@H](O[C@@H]3OC(CO)[C@@H](O[C@@H]4OC(CO)[C@H](O)[C@H](O[C@H]5OC(CO)[C@H](O)[C@H](O[C@@H]6OC(CO)[C@H](O)[C@H](O[C@H]7OC(CO)[C@H](O)[C@H](O)C7NC(C)=O)C6O[C@H]6OC(C)[C@@H](O)C(O)[C@@H]6O)C5NC(C)=O)C4O[C@H]4OC(C)[C@@H](O)C(O)[C@@H]4O)[C@H](O)C3NC(C)=O)C2O)[C@H](O)C1O)NC(=O)CCCCCCCCCCCCCCCCC. The molecule has 0 aromatic rings. The van der Waals surface area contributed by atoms with E-state index in [9.17, 15) is 142 Å². The number of rotatable bonds is 60. The number of aliphatic hydroxyl groups is 24. The maximum Gasteiger partial charge on any atom is 0.220 e. The lowest BCUT2D eigenvalue weighted by Crippen LogP contribution is -2.72. The molecule has 0 aromatic heterocycles. The Hall–Kier alpha value is -4.06. The molecule has 146 heavy (non-hydrogen) atoms. The Balaban J connectivity index is 0.940. The van der Waals surface area contributed by atoms with Gasteiger partial charge in [0, 0.05) is 27.2 Å². The maximum atomic E-state index is 13.8. The van der Waals surface area contributed by atoms with Crippen LogP contribution in [0.4, 0.5) is 0 Å². The summed E-state index contributed by atoms with van der Waals surface area (Å²) in [6.07, 6.45) is -54.8. The van der Waals surface area contributed by atoms with Gasteiger partial charge in [0.1, 0.15) is 207 Å². The minimum Gasteiger partial charge on any atom is -0.394 e. The third-order valence-corrected chi connectivity index (χ3v) is 28.4. The van der Waals surface area contributed by atoms with E-state index in [4.69, 9.17) is 85.3 Å². The maximum absolute atomic E-state index is 13.8. The zero-order chi connectivity index (χ0) is 107. The van der Waals surface area contributed by atoms with Gasteiger partial charge >= 0.3 is 0 Å². The van der Waals surface area contributed by atoms with Gasteiger partial charge in [0.2, 0.25) is 23.6 Å². The van der Waals surface area contributed by atoms with E-state index in [1.807, 2.05) is 6.08 Å². The van der Waals surface area contributed by atoms with Crippen LogP contribution in [0.3, 0.4) is 0 Å². The Bertz CT molecular complexity index is 3710. The number of carbonyl (C=O) groups excluding carboxylic acids is 4. The highest BCUT2D eigenvalue weighted by molar-refractivity contribution is 5.76. The molecule has 28 N–H and O–H groups in total. The molecule has 9 rings (SSSR count). The summed E-state index contributed by atoms with van der Waals surface area (Å²) in [5.74, 6) is -3.25. The van der Waals surface area contributed by atoms with Crippen LogP contribution in [0.5, 0.6) is 0 Å². The molecule has 0 bridgehead atoms. The number of hydrogen-bond donors (Lipinski definition) is 28. The molecule has 9 heterocycles. The Morgan fingerprint density at radius 3 is 1.01 bits per heavy atom. The van der Waals surface area contributed by atoms with Gasteiger partial charge in [0.05, 0.1) is 77.2 Å². The summed E-state index contributed by atoms with van der Waals surface area (Å²) in [5.41, 5.74) is 0. The first-order chi connectivity index (χ1) is 69.8. The number of amides is 4. The summed E-state index contributed by atoms with van der Waals surface area (Å²) in [5, 5.41) is 286. The minimum absolute atomic E-state index is 0.134. The molecule has 0 radical (unpaired) electrons. The van der Waals surface area contributed by atoms with Crippen molar-refractivity contribution in [3.63, 3.8) is 0 Å². The molecule has 9 aliphatic rings. The largest absolute Gasteiger partial charge is 0.394 e. The van der Waals surface area contributed by atoms with E-state index in [1.54, 1.807) is 6.08 Å². The molecule has 850 valence electrons. The zero-order valence-electron chi connectivity index (χ0n) is 84.5. The van der Waals surface area contributed by atoms with E-state index in [1.165, 1.54) is 117 Å². The lowest BCUT2D eigenvalue weighted by molar-refractivity contribution is -0.409. The van der Waals surface area contributed by atoms with Crippen molar-refractivity contribution in [1.29, 1.82) is 0 Å². The monoisotopic (exact) mass is 2120 g/mol. The molecule has 9 fully saturated rings. The summed E-state index contributed by atoms with van der Waals surface area (Å²) in [7, 11) is 0. The van der Waals surface area contributed by atoms with Gasteiger partial charge in [-0.05, 0) is 33.1 Å². The van der Waals surface area contributed by atoms with Crippen molar-refractivity contribution in [2.75, 3.05) is 52.9 Å². The Morgan fingerprint density at radius 1 is 0.281 bits per heavy atom. The van der Waals surface area contributed by atoms with Crippen LogP contribution in [0.25, 0.3) is 0 Å². The van der Waals surface area contributed by atoms with Crippen molar-refractivity contribution >= 4 is 23.6 Å². The highest BCUT2D eigenvalue weighted by atomic mass is 16.8. The van der Waals surface area contributed by atoms with Gasteiger partial charge < -0.3 is 229 Å². The molecule has 47 atom stereocenters. The first-order valence-electron chi connectivity index (χ1n) is 52.2. The van der Waals surface area contributed by atoms with Gasteiger partial charge in [-0.2, -0.15) is 0 Å². The molecule has 9 aliphatic heterocycles. The zero-order valence-corrected chi connectivity index (χ0v) is 84.5. The van der Waals surface area contributed by atoms with E-state index in [2.05, 4.69) is 35.1 Å². The minimum atomic E-state index is -2.39. The normalized spacial score (nSPS) is 40.8. The number of aliphatic hydroxyl groups excluding tert-OH is 24. The summed E-state index contributed by atoms with van der Waals surface area (Å²) < 4.78 is 111. The average Bonchev–Trinajstić information content (AvgIpc) is 0.779. The second-order valence-corrected chi connectivity index (χ2v) is 39.8. The van der Waals surface area contributed by atoms with E-state index in [-0.39, 0.29) is 12.3 Å². The number of hydrogen-bond acceptors (Lipinski definition) is 46. The second kappa shape index (κ2) is 63.2. The third-order valence-electron chi connectivity index (χ3n) is 28.4. The smallest absolute Gasteiger partial charge is 0.220 e. The molecular formula is C96H170N4O46.